The Morgan fingerprint density at radius 1 is 1.32 bits per heavy atom. The van der Waals surface area contributed by atoms with Crippen molar-refractivity contribution in [3.8, 4) is 0 Å². The average molecular weight is 304 g/mol. The molecule has 1 aromatic carbocycles. The van der Waals surface area contributed by atoms with Crippen LogP contribution in [-0.2, 0) is 6.42 Å². The van der Waals surface area contributed by atoms with Gasteiger partial charge in [-0.25, -0.2) is 4.39 Å². The molecule has 1 aromatic rings. The van der Waals surface area contributed by atoms with Gasteiger partial charge >= 0.3 is 0 Å². The van der Waals surface area contributed by atoms with Crippen LogP contribution in [0.4, 0.5) is 4.39 Å². The third kappa shape index (κ3) is 6.15. The van der Waals surface area contributed by atoms with E-state index >= 15 is 0 Å². The number of halogens is 2. The molecule has 1 N–H and O–H groups in total. The molecule has 1 atom stereocenters. The standard InChI is InChI=1S/C15H23ClFNS/c1-3-8-18-13(11-19-9-4-2)10-12-6-5-7-14(16)15(12)17/h5-7,13,18H,3-4,8-11H2,1-2H3. The maximum absolute atomic E-state index is 13.9. The van der Waals surface area contributed by atoms with Gasteiger partial charge in [-0.2, -0.15) is 11.8 Å². The molecule has 0 aliphatic rings. The summed E-state index contributed by atoms with van der Waals surface area (Å²) in [7, 11) is 0. The van der Waals surface area contributed by atoms with Crippen molar-refractivity contribution in [2.24, 2.45) is 0 Å². The van der Waals surface area contributed by atoms with E-state index in [1.165, 1.54) is 6.42 Å². The van der Waals surface area contributed by atoms with Gasteiger partial charge in [-0.3, -0.25) is 0 Å². The highest BCUT2D eigenvalue weighted by Gasteiger charge is 2.13. The number of nitrogens with one attached hydrogen (secondary N) is 1. The Balaban J connectivity index is 2.61. The first-order chi connectivity index (χ1) is 9.19. The van der Waals surface area contributed by atoms with E-state index in [0.717, 1.165) is 24.5 Å². The Labute approximate surface area is 125 Å². The van der Waals surface area contributed by atoms with E-state index in [2.05, 4.69) is 19.2 Å². The van der Waals surface area contributed by atoms with Gasteiger partial charge in [0, 0.05) is 11.8 Å². The summed E-state index contributed by atoms with van der Waals surface area (Å²) in [5, 5.41) is 3.71. The third-order valence-electron chi connectivity index (χ3n) is 2.85. The molecular formula is C15H23ClFNS. The molecule has 0 spiro atoms. The fourth-order valence-corrected chi connectivity index (χ4v) is 3.05. The van der Waals surface area contributed by atoms with Gasteiger partial charge < -0.3 is 5.32 Å². The maximum atomic E-state index is 13.9. The van der Waals surface area contributed by atoms with Gasteiger partial charge in [0.05, 0.1) is 5.02 Å². The molecule has 0 aliphatic heterocycles. The van der Waals surface area contributed by atoms with Crippen LogP contribution in [0.2, 0.25) is 5.02 Å². The molecule has 0 aliphatic carbocycles. The van der Waals surface area contributed by atoms with Crippen molar-refractivity contribution >= 4 is 23.4 Å². The van der Waals surface area contributed by atoms with Crippen molar-refractivity contribution in [1.29, 1.82) is 0 Å². The number of benzene rings is 1. The zero-order valence-electron chi connectivity index (χ0n) is 11.7. The normalized spacial score (nSPS) is 12.6. The highest BCUT2D eigenvalue weighted by atomic mass is 35.5. The van der Waals surface area contributed by atoms with Crippen molar-refractivity contribution in [2.45, 2.75) is 39.2 Å². The first-order valence-electron chi connectivity index (χ1n) is 6.93. The molecule has 108 valence electrons. The summed E-state index contributed by atoms with van der Waals surface area (Å²) in [5.41, 5.74) is 0.707. The summed E-state index contributed by atoms with van der Waals surface area (Å²) in [4.78, 5) is 0. The van der Waals surface area contributed by atoms with Crippen LogP contribution in [0, 0.1) is 5.82 Å². The van der Waals surface area contributed by atoms with Crippen molar-refractivity contribution in [2.75, 3.05) is 18.1 Å². The lowest BCUT2D eigenvalue weighted by Crippen LogP contribution is -2.34. The van der Waals surface area contributed by atoms with E-state index < -0.39 is 0 Å². The molecule has 0 fully saturated rings. The predicted octanol–water partition coefficient (Wildman–Crippen LogP) is 4.53. The Kier molecular flexibility index (Phi) is 8.51. The second-order valence-electron chi connectivity index (χ2n) is 4.64. The van der Waals surface area contributed by atoms with Crippen LogP contribution in [0.25, 0.3) is 0 Å². The summed E-state index contributed by atoms with van der Waals surface area (Å²) in [6, 6.07) is 5.55. The monoisotopic (exact) mass is 303 g/mol. The second kappa shape index (κ2) is 9.62. The zero-order valence-corrected chi connectivity index (χ0v) is 13.3. The van der Waals surface area contributed by atoms with E-state index in [1.54, 1.807) is 6.07 Å². The van der Waals surface area contributed by atoms with Crippen molar-refractivity contribution in [1.82, 2.24) is 5.32 Å². The molecule has 0 aromatic heterocycles. The molecule has 0 bridgehead atoms. The number of hydrogen-bond donors (Lipinski definition) is 1. The number of rotatable bonds is 9. The Morgan fingerprint density at radius 2 is 2.11 bits per heavy atom. The molecule has 1 nitrogen and oxygen atoms in total. The summed E-state index contributed by atoms with van der Waals surface area (Å²) in [5.74, 6) is 1.90. The number of hydrogen-bond acceptors (Lipinski definition) is 2. The Morgan fingerprint density at radius 3 is 2.79 bits per heavy atom. The van der Waals surface area contributed by atoms with Gasteiger partial charge in [-0.05, 0) is 43.2 Å². The van der Waals surface area contributed by atoms with Crippen LogP contribution in [0.1, 0.15) is 32.3 Å². The lowest BCUT2D eigenvalue weighted by Gasteiger charge is -2.18. The molecule has 19 heavy (non-hydrogen) atoms. The fraction of sp³-hybridized carbons (Fsp3) is 0.600. The van der Waals surface area contributed by atoms with Crippen molar-refractivity contribution < 1.29 is 4.39 Å². The highest BCUT2D eigenvalue weighted by molar-refractivity contribution is 7.99. The van der Waals surface area contributed by atoms with Gasteiger partial charge in [0.25, 0.3) is 0 Å². The number of thioether (sulfide) groups is 1. The molecule has 0 radical (unpaired) electrons. The van der Waals surface area contributed by atoms with E-state index in [1.807, 2.05) is 23.9 Å². The Hall–Kier alpha value is -0.250. The predicted molar refractivity (Wildman–Crippen MR) is 84.8 cm³/mol. The molecule has 0 amide bonds. The first-order valence-corrected chi connectivity index (χ1v) is 8.46. The van der Waals surface area contributed by atoms with Gasteiger partial charge in [-0.15, -0.1) is 0 Å². The second-order valence-corrected chi connectivity index (χ2v) is 6.20. The minimum absolute atomic E-state index is 0.216. The SMILES string of the molecule is CCCNC(CSCCC)Cc1cccc(Cl)c1F. The smallest absolute Gasteiger partial charge is 0.145 e. The maximum Gasteiger partial charge on any atom is 0.145 e. The molecule has 1 unspecified atom stereocenters. The van der Waals surface area contributed by atoms with Crippen molar-refractivity contribution in [3.63, 3.8) is 0 Å². The summed E-state index contributed by atoms with van der Waals surface area (Å²) >= 11 is 7.75. The van der Waals surface area contributed by atoms with E-state index in [4.69, 9.17) is 11.6 Å². The van der Waals surface area contributed by atoms with Crippen LogP contribution in [-0.4, -0.2) is 24.1 Å². The molecule has 4 heteroatoms. The van der Waals surface area contributed by atoms with Gasteiger partial charge in [0.1, 0.15) is 5.82 Å². The van der Waals surface area contributed by atoms with Crippen LogP contribution < -0.4 is 5.32 Å². The van der Waals surface area contributed by atoms with Crippen LogP contribution in [0.3, 0.4) is 0 Å². The van der Waals surface area contributed by atoms with E-state index in [9.17, 15) is 4.39 Å². The molecule has 0 heterocycles. The Bertz CT molecular complexity index is 373. The van der Waals surface area contributed by atoms with Gasteiger partial charge in [-0.1, -0.05) is 37.6 Å². The fourth-order valence-electron chi connectivity index (χ4n) is 1.88. The third-order valence-corrected chi connectivity index (χ3v) is 4.48. The van der Waals surface area contributed by atoms with Gasteiger partial charge in [0.15, 0.2) is 0 Å². The van der Waals surface area contributed by atoms with Gasteiger partial charge in [0.2, 0.25) is 0 Å². The largest absolute Gasteiger partial charge is 0.313 e. The highest BCUT2D eigenvalue weighted by Crippen LogP contribution is 2.20. The minimum Gasteiger partial charge on any atom is -0.313 e. The van der Waals surface area contributed by atoms with Crippen LogP contribution >= 0.6 is 23.4 Å². The lowest BCUT2D eigenvalue weighted by atomic mass is 10.1. The van der Waals surface area contributed by atoms with Crippen LogP contribution in [0.15, 0.2) is 18.2 Å². The molecule has 0 saturated carbocycles. The minimum atomic E-state index is -0.270. The topological polar surface area (TPSA) is 12.0 Å². The summed E-state index contributed by atoms with van der Waals surface area (Å²) < 4.78 is 13.9. The molecular weight excluding hydrogens is 281 g/mol. The molecule has 0 saturated heterocycles. The van der Waals surface area contributed by atoms with E-state index in [-0.39, 0.29) is 10.8 Å². The first kappa shape index (κ1) is 16.8. The summed E-state index contributed by atoms with van der Waals surface area (Å²) in [6.45, 7) is 5.29. The quantitative estimate of drug-likeness (QED) is 0.673. The zero-order chi connectivity index (χ0) is 14.1. The van der Waals surface area contributed by atoms with Crippen LogP contribution in [0.5, 0.6) is 0 Å². The summed E-state index contributed by atoms with van der Waals surface area (Å²) in [6.07, 6.45) is 2.97. The van der Waals surface area contributed by atoms with Crippen molar-refractivity contribution in [3.05, 3.63) is 34.6 Å². The van der Waals surface area contributed by atoms with E-state index in [0.29, 0.717) is 18.0 Å². The lowest BCUT2D eigenvalue weighted by molar-refractivity contribution is 0.530. The average Bonchev–Trinajstić information content (AvgIpc) is 2.41. The molecule has 1 rings (SSSR count).